The van der Waals surface area contributed by atoms with Gasteiger partial charge in [0.2, 0.25) is 0 Å². The molecule has 1 aromatic carbocycles. The molecule has 0 amide bonds. The van der Waals surface area contributed by atoms with Crippen LogP contribution < -0.4 is 5.32 Å². The lowest BCUT2D eigenvalue weighted by atomic mass is 10.0. The maximum Gasteiger partial charge on any atom is 0.317 e. The van der Waals surface area contributed by atoms with Crippen molar-refractivity contribution in [3.05, 3.63) is 29.8 Å². The van der Waals surface area contributed by atoms with Gasteiger partial charge in [-0.2, -0.15) is 0 Å². The molecule has 0 bridgehead atoms. The maximum atomic E-state index is 11.7. The summed E-state index contributed by atoms with van der Waals surface area (Å²) in [6, 6.07) is 7.75. The van der Waals surface area contributed by atoms with Crippen LogP contribution >= 0.6 is 0 Å². The highest BCUT2D eigenvalue weighted by Gasteiger charge is 2.27. The fourth-order valence-corrected chi connectivity index (χ4v) is 5.14. The fourth-order valence-electron chi connectivity index (χ4n) is 5.14. The van der Waals surface area contributed by atoms with E-state index in [0.29, 0.717) is 58.7 Å². The second-order valence-electron chi connectivity index (χ2n) is 12.0. The van der Waals surface area contributed by atoms with Gasteiger partial charge in [-0.1, -0.05) is 12.1 Å². The number of carboxylic acids is 4. The Hall–Kier alpha value is -3.26. The molecule has 1 fully saturated rings. The quantitative estimate of drug-likeness (QED) is 0.185. The molecule has 2 rings (SSSR count). The standard InChI is InChI=1S/C29H47N5O8/c1-29(2,3)30-23-9-7-22(8-10-23)5-4-6-24(34(20-27(39)40)21-28(41)42)17-31-11-13-32(18-25(35)36)15-16-33(14-12-31)19-26(37)38/h7-10,24,30H,4-6,11-21H2,1-3H3,(H,35,36)(H,37,38)(H,39,40)(H,41,42). The lowest BCUT2D eigenvalue weighted by molar-refractivity contribution is -0.143. The minimum Gasteiger partial charge on any atom is -0.480 e. The molecule has 1 aliphatic rings. The lowest BCUT2D eigenvalue weighted by Crippen LogP contribution is -2.50. The van der Waals surface area contributed by atoms with Crippen LogP contribution in [0.1, 0.15) is 39.2 Å². The van der Waals surface area contributed by atoms with Crippen molar-refractivity contribution in [2.45, 2.75) is 51.6 Å². The van der Waals surface area contributed by atoms with Crippen molar-refractivity contribution in [2.24, 2.45) is 0 Å². The topological polar surface area (TPSA) is 174 Å². The number of rotatable bonds is 16. The molecule has 0 aliphatic carbocycles. The van der Waals surface area contributed by atoms with E-state index in [-0.39, 0.29) is 24.7 Å². The molecule has 42 heavy (non-hydrogen) atoms. The summed E-state index contributed by atoms with van der Waals surface area (Å²) in [5.41, 5.74) is 2.07. The third-order valence-corrected chi connectivity index (χ3v) is 7.05. The molecule has 1 aliphatic heterocycles. The van der Waals surface area contributed by atoms with Crippen molar-refractivity contribution in [2.75, 3.05) is 77.3 Å². The van der Waals surface area contributed by atoms with Crippen LogP contribution in [0.25, 0.3) is 0 Å². The van der Waals surface area contributed by atoms with Crippen LogP contribution in [0.15, 0.2) is 24.3 Å². The van der Waals surface area contributed by atoms with Crippen LogP contribution in [-0.2, 0) is 25.6 Å². The van der Waals surface area contributed by atoms with Crippen LogP contribution in [0, 0.1) is 0 Å². The van der Waals surface area contributed by atoms with Gasteiger partial charge in [0.25, 0.3) is 0 Å². The molecule has 13 nitrogen and oxygen atoms in total. The number of nitrogens with one attached hydrogen (secondary N) is 1. The molecule has 0 spiro atoms. The number of nitrogens with zero attached hydrogens (tertiary/aromatic N) is 4. The first-order chi connectivity index (χ1) is 19.7. The van der Waals surface area contributed by atoms with Gasteiger partial charge >= 0.3 is 23.9 Å². The Bertz CT molecular complexity index is 986. The van der Waals surface area contributed by atoms with Crippen molar-refractivity contribution in [3.63, 3.8) is 0 Å². The fraction of sp³-hybridized carbons (Fsp3) is 0.655. The van der Waals surface area contributed by atoms with E-state index in [4.69, 9.17) is 0 Å². The third kappa shape index (κ3) is 14.6. The average molecular weight is 594 g/mol. The second kappa shape index (κ2) is 17.0. The largest absolute Gasteiger partial charge is 0.480 e. The molecule has 1 unspecified atom stereocenters. The molecule has 13 heteroatoms. The summed E-state index contributed by atoms with van der Waals surface area (Å²) in [5.74, 6) is -4.18. The molecule has 0 saturated carbocycles. The van der Waals surface area contributed by atoms with E-state index < -0.39 is 37.0 Å². The predicted molar refractivity (Wildman–Crippen MR) is 158 cm³/mol. The van der Waals surface area contributed by atoms with Crippen molar-refractivity contribution < 1.29 is 39.6 Å². The maximum absolute atomic E-state index is 11.7. The number of benzene rings is 1. The third-order valence-electron chi connectivity index (χ3n) is 7.05. The summed E-state index contributed by atoms with van der Waals surface area (Å²) in [6.45, 7) is 8.10. The van der Waals surface area contributed by atoms with Gasteiger partial charge in [0.15, 0.2) is 0 Å². The summed E-state index contributed by atoms with van der Waals surface area (Å²) < 4.78 is 0. The molecule has 0 aromatic heterocycles. The van der Waals surface area contributed by atoms with Crippen molar-refractivity contribution in [1.82, 2.24) is 19.6 Å². The van der Waals surface area contributed by atoms with E-state index in [2.05, 4.69) is 31.0 Å². The van der Waals surface area contributed by atoms with E-state index in [1.54, 1.807) is 9.80 Å². The molecule has 1 saturated heterocycles. The summed E-state index contributed by atoms with van der Waals surface area (Å²) in [5, 5.41) is 41.2. The van der Waals surface area contributed by atoms with Gasteiger partial charge in [0.1, 0.15) is 0 Å². The summed E-state index contributed by atoms with van der Waals surface area (Å²) >= 11 is 0. The van der Waals surface area contributed by atoms with E-state index in [1.807, 2.05) is 24.3 Å². The predicted octanol–water partition coefficient (Wildman–Crippen LogP) is 1.15. The SMILES string of the molecule is CC(C)(C)Nc1ccc(CCCC(CN2CCN(CC(=O)O)CCN(CC(=O)O)CC2)N(CC(=O)O)CC(=O)O)cc1. The highest BCUT2D eigenvalue weighted by atomic mass is 16.4. The van der Waals surface area contributed by atoms with Crippen molar-refractivity contribution >= 4 is 29.6 Å². The van der Waals surface area contributed by atoms with Gasteiger partial charge in [-0.15, -0.1) is 0 Å². The molecular formula is C29H47N5O8. The van der Waals surface area contributed by atoms with E-state index >= 15 is 0 Å². The number of hydrogen-bond donors (Lipinski definition) is 5. The normalized spacial score (nSPS) is 16.8. The highest BCUT2D eigenvalue weighted by molar-refractivity contribution is 5.72. The van der Waals surface area contributed by atoms with Gasteiger partial charge in [0, 0.05) is 63.1 Å². The average Bonchev–Trinajstić information content (AvgIpc) is 2.93. The van der Waals surface area contributed by atoms with Crippen molar-refractivity contribution in [3.8, 4) is 0 Å². The summed E-state index contributed by atoms with van der Waals surface area (Å²) in [4.78, 5) is 53.2. The Morgan fingerprint density at radius 3 is 1.62 bits per heavy atom. The van der Waals surface area contributed by atoms with Gasteiger partial charge in [-0.05, 0) is 57.7 Å². The number of aliphatic carboxylic acids is 4. The molecule has 5 N–H and O–H groups in total. The molecule has 0 radical (unpaired) electrons. The second-order valence-corrected chi connectivity index (χ2v) is 12.0. The number of carboxylic acid groups (broad SMARTS) is 4. The summed E-state index contributed by atoms with van der Waals surface area (Å²) in [7, 11) is 0. The van der Waals surface area contributed by atoms with E-state index in [0.717, 1.165) is 17.7 Å². The van der Waals surface area contributed by atoms with Gasteiger partial charge in [-0.3, -0.25) is 38.8 Å². The minimum absolute atomic E-state index is 0.0623. The number of hydrogen-bond acceptors (Lipinski definition) is 9. The minimum atomic E-state index is -1.12. The Labute approximate surface area is 247 Å². The number of aryl methyl sites for hydroxylation is 1. The monoisotopic (exact) mass is 593 g/mol. The van der Waals surface area contributed by atoms with Crippen LogP contribution in [0.2, 0.25) is 0 Å². The first-order valence-corrected chi connectivity index (χ1v) is 14.4. The zero-order valence-electron chi connectivity index (χ0n) is 25.0. The van der Waals surface area contributed by atoms with Crippen LogP contribution in [0.4, 0.5) is 5.69 Å². The highest BCUT2D eigenvalue weighted by Crippen LogP contribution is 2.18. The Morgan fingerprint density at radius 2 is 1.21 bits per heavy atom. The molecule has 1 atom stereocenters. The molecular weight excluding hydrogens is 546 g/mol. The molecule has 1 heterocycles. The number of anilines is 1. The zero-order chi connectivity index (χ0) is 31.3. The first-order valence-electron chi connectivity index (χ1n) is 14.4. The van der Waals surface area contributed by atoms with E-state index in [1.165, 1.54) is 4.90 Å². The van der Waals surface area contributed by atoms with Crippen molar-refractivity contribution in [1.29, 1.82) is 0 Å². The van der Waals surface area contributed by atoms with Gasteiger partial charge in [-0.25, -0.2) is 0 Å². The van der Waals surface area contributed by atoms with Gasteiger partial charge in [0.05, 0.1) is 26.2 Å². The molecule has 1 aromatic rings. The van der Waals surface area contributed by atoms with Crippen LogP contribution in [0.3, 0.4) is 0 Å². The molecule has 236 valence electrons. The Balaban J connectivity index is 2.18. The van der Waals surface area contributed by atoms with Crippen LogP contribution in [-0.4, -0.2) is 147 Å². The van der Waals surface area contributed by atoms with Gasteiger partial charge < -0.3 is 25.7 Å². The zero-order valence-corrected chi connectivity index (χ0v) is 25.0. The smallest absolute Gasteiger partial charge is 0.317 e. The van der Waals surface area contributed by atoms with E-state index in [9.17, 15) is 39.6 Å². The number of carbonyl (C=O) groups is 4. The summed E-state index contributed by atoms with van der Waals surface area (Å²) in [6.07, 6.45) is 1.99. The first kappa shape index (κ1) is 34.9. The Morgan fingerprint density at radius 1 is 0.762 bits per heavy atom. The lowest BCUT2D eigenvalue weighted by Gasteiger charge is -2.35. The van der Waals surface area contributed by atoms with Crippen LogP contribution in [0.5, 0.6) is 0 Å². The Kier molecular flexibility index (Phi) is 14.1.